The van der Waals surface area contributed by atoms with E-state index in [9.17, 15) is 4.79 Å². The number of anilines is 1. The van der Waals surface area contributed by atoms with E-state index in [1.54, 1.807) is 0 Å². The number of esters is 1. The highest BCUT2D eigenvalue weighted by atomic mass is 16.5. The van der Waals surface area contributed by atoms with Crippen LogP contribution in [0.3, 0.4) is 0 Å². The fourth-order valence-electron chi connectivity index (χ4n) is 4.10. The van der Waals surface area contributed by atoms with Crippen LogP contribution in [0.1, 0.15) is 42.3 Å². The summed E-state index contributed by atoms with van der Waals surface area (Å²) in [6.45, 7) is 7.12. The lowest BCUT2D eigenvalue weighted by Gasteiger charge is -2.18. The Morgan fingerprint density at radius 3 is 2.25 bits per heavy atom. The molecule has 0 fully saturated rings. The number of imidazole rings is 1. The molecule has 2 aromatic heterocycles. The number of benzene rings is 3. The summed E-state index contributed by atoms with van der Waals surface area (Å²) in [6, 6.07) is 31.3. The van der Waals surface area contributed by atoms with Crippen LogP contribution < -0.4 is 10.1 Å². The minimum Gasteiger partial charge on any atom is -0.423 e. The number of pyridine rings is 1. The number of carbonyl (C=O) groups excluding carboxylic acids is 1. The van der Waals surface area contributed by atoms with Gasteiger partial charge in [0.25, 0.3) is 0 Å². The topological polar surface area (TPSA) is 55.6 Å². The molecule has 1 N–H and O–H groups in total. The van der Waals surface area contributed by atoms with E-state index in [0.29, 0.717) is 17.9 Å². The summed E-state index contributed by atoms with van der Waals surface area (Å²) in [5, 5.41) is 3.55. The Hall–Kier alpha value is -4.38. The second kappa shape index (κ2) is 9.70. The number of rotatable bonds is 6. The van der Waals surface area contributed by atoms with Crippen LogP contribution in [0.2, 0.25) is 0 Å². The second-order valence-electron chi connectivity index (χ2n) is 9.82. The molecule has 2 heterocycles. The van der Waals surface area contributed by atoms with E-state index in [0.717, 1.165) is 22.7 Å². The van der Waals surface area contributed by atoms with Crippen molar-refractivity contribution in [1.82, 2.24) is 9.38 Å². The van der Waals surface area contributed by atoms with Crippen LogP contribution >= 0.6 is 0 Å². The van der Waals surface area contributed by atoms with Crippen molar-refractivity contribution in [2.45, 2.75) is 32.7 Å². The van der Waals surface area contributed by atoms with E-state index in [1.807, 2.05) is 95.5 Å². The van der Waals surface area contributed by atoms with Gasteiger partial charge >= 0.3 is 5.97 Å². The third-order valence-electron chi connectivity index (χ3n) is 6.16. The van der Waals surface area contributed by atoms with Crippen molar-refractivity contribution < 1.29 is 9.53 Å². The molecule has 0 bridgehead atoms. The summed E-state index contributed by atoms with van der Waals surface area (Å²) in [7, 11) is 0. The maximum atomic E-state index is 12.7. The molecule has 0 aliphatic heterocycles. The van der Waals surface area contributed by atoms with E-state index in [-0.39, 0.29) is 11.4 Å². The van der Waals surface area contributed by atoms with E-state index in [4.69, 9.17) is 9.72 Å². The lowest BCUT2D eigenvalue weighted by atomic mass is 9.87. The SMILES string of the molecule is CC(C)(C)c1ccc(C(=O)Oc2ccc(-c3nc4ccccn4c3NCc3ccccc3)cc2)cc1. The smallest absolute Gasteiger partial charge is 0.343 e. The third kappa shape index (κ3) is 5.01. The van der Waals surface area contributed by atoms with Crippen molar-refractivity contribution in [3.05, 3.63) is 120 Å². The molecule has 0 aliphatic carbocycles. The van der Waals surface area contributed by atoms with Crippen LogP contribution in [0.4, 0.5) is 5.82 Å². The number of hydrogen-bond acceptors (Lipinski definition) is 4. The van der Waals surface area contributed by atoms with Gasteiger partial charge in [0.05, 0.1) is 5.56 Å². The zero-order valence-electron chi connectivity index (χ0n) is 20.7. The van der Waals surface area contributed by atoms with Crippen LogP contribution in [0.5, 0.6) is 5.75 Å². The van der Waals surface area contributed by atoms with Gasteiger partial charge in [0.2, 0.25) is 0 Å². The van der Waals surface area contributed by atoms with E-state index in [2.05, 4.69) is 38.2 Å². The van der Waals surface area contributed by atoms with Gasteiger partial charge in [-0.25, -0.2) is 9.78 Å². The summed E-state index contributed by atoms with van der Waals surface area (Å²) >= 11 is 0. The Morgan fingerprint density at radius 1 is 0.861 bits per heavy atom. The molecule has 5 heteroatoms. The highest BCUT2D eigenvalue weighted by molar-refractivity contribution is 5.91. The van der Waals surface area contributed by atoms with Crippen molar-refractivity contribution in [2.75, 3.05) is 5.32 Å². The molecule has 0 atom stereocenters. The van der Waals surface area contributed by atoms with Gasteiger partial charge < -0.3 is 10.1 Å². The van der Waals surface area contributed by atoms with Crippen molar-refractivity contribution in [1.29, 1.82) is 0 Å². The molecule has 0 saturated heterocycles. The van der Waals surface area contributed by atoms with Crippen LogP contribution in [0.15, 0.2) is 103 Å². The Balaban J connectivity index is 1.36. The monoisotopic (exact) mass is 475 g/mol. The summed E-state index contributed by atoms with van der Waals surface area (Å²) in [5.74, 6) is 1.03. The van der Waals surface area contributed by atoms with E-state index < -0.39 is 0 Å². The lowest BCUT2D eigenvalue weighted by molar-refractivity contribution is 0.0734. The Kier molecular flexibility index (Phi) is 6.30. The molecule has 0 radical (unpaired) electrons. The number of carbonyl (C=O) groups is 1. The first-order valence-corrected chi connectivity index (χ1v) is 12.1. The summed E-state index contributed by atoms with van der Waals surface area (Å²) in [6.07, 6.45) is 2.00. The number of nitrogens with zero attached hydrogens (tertiary/aromatic N) is 2. The average Bonchev–Trinajstić information content (AvgIpc) is 3.26. The molecule has 5 nitrogen and oxygen atoms in total. The normalized spacial score (nSPS) is 11.4. The minimum absolute atomic E-state index is 0.0327. The van der Waals surface area contributed by atoms with Gasteiger partial charge in [-0.1, -0.05) is 69.3 Å². The Morgan fingerprint density at radius 2 is 1.56 bits per heavy atom. The highest BCUT2D eigenvalue weighted by Gasteiger charge is 2.17. The Labute approximate surface area is 211 Å². The standard InChI is InChI=1S/C31H29N3O2/c1-31(2,3)25-16-12-24(13-17-25)30(35)36-26-18-14-23(15-19-26)28-29(32-21-22-9-5-4-6-10-22)34-20-8-7-11-27(34)33-28/h4-20,32H,21H2,1-3H3. The second-order valence-corrected chi connectivity index (χ2v) is 9.82. The van der Waals surface area contributed by atoms with Crippen LogP contribution in [-0.4, -0.2) is 15.4 Å². The highest BCUT2D eigenvalue weighted by Crippen LogP contribution is 2.31. The van der Waals surface area contributed by atoms with Gasteiger partial charge in [0, 0.05) is 18.3 Å². The largest absolute Gasteiger partial charge is 0.423 e. The van der Waals surface area contributed by atoms with Gasteiger partial charge in [-0.05, 0) is 65.1 Å². The Bertz CT molecular complexity index is 1480. The van der Waals surface area contributed by atoms with E-state index >= 15 is 0 Å². The van der Waals surface area contributed by atoms with E-state index in [1.165, 1.54) is 11.1 Å². The molecule has 0 amide bonds. The van der Waals surface area contributed by atoms with Crippen molar-refractivity contribution in [3.8, 4) is 17.0 Å². The van der Waals surface area contributed by atoms with Crippen LogP contribution in [0, 0.1) is 0 Å². The number of aromatic nitrogens is 2. The molecule has 3 aromatic carbocycles. The summed E-state index contributed by atoms with van der Waals surface area (Å²) < 4.78 is 7.68. The molecule has 0 spiro atoms. The predicted octanol–water partition coefficient (Wildman–Crippen LogP) is 7.13. The zero-order valence-corrected chi connectivity index (χ0v) is 20.7. The summed E-state index contributed by atoms with van der Waals surface area (Å²) in [5.41, 5.74) is 5.55. The minimum atomic E-state index is -0.374. The third-order valence-corrected chi connectivity index (χ3v) is 6.16. The number of nitrogens with one attached hydrogen (secondary N) is 1. The molecule has 0 aliphatic rings. The first-order valence-electron chi connectivity index (χ1n) is 12.1. The lowest BCUT2D eigenvalue weighted by Crippen LogP contribution is -2.12. The summed E-state index contributed by atoms with van der Waals surface area (Å²) in [4.78, 5) is 17.5. The molecule has 0 unspecified atom stereocenters. The van der Waals surface area contributed by atoms with Crippen LogP contribution in [0.25, 0.3) is 16.9 Å². The first kappa shape index (κ1) is 23.4. The maximum Gasteiger partial charge on any atom is 0.343 e. The van der Waals surface area contributed by atoms with Gasteiger partial charge in [-0.15, -0.1) is 0 Å². The number of fused-ring (bicyclic) bond motifs is 1. The van der Waals surface area contributed by atoms with Crippen molar-refractivity contribution >= 4 is 17.4 Å². The molecule has 0 saturated carbocycles. The molecule has 36 heavy (non-hydrogen) atoms. The van der Waals surface area contributed by atoms with Crippen molar-refractivity contribution in [3.63, 3.8) is 0 Å². The van der Waals surface area contributed by atoms with Crippen LogP contribution in [-0.2, 0) is 12.0 Å². The molecular weight excluding hydrogens is 446 g/mol. The van der Waals surface area contributed by atoms with Gasteiger partial charge in [0.1, 0.15) is 22.9 Å². The van der Waals surface area contributed by atoms with Crippen molar-refractivity contribution in [2.24, 2.45) is 0 Å². The van der Waals surface area contributed by atoms with Gasteiger partial charge in [0.15, 0.2) is 0 Å². The number of hydrogen-bond donors (Lipinski definition) is 1. The quantitative estimate of drug-likeness (QED) is 0.210. The molecule has 5 rings (SSSR count). The predicted molar refractivity (Wildman–Crippen MR) is 144 cm³/mol. The van der Waals surface area contributed by atoms with Gasteiger partial charge in [-0.3, -0.25) is 4.40 Å². The molecule has 5 aromatic rings. The first-order chi connectivity index (χ1) is 17.4. The maximum absolute atomic E-state index is 12.7. The molecule has 180 valence electrons. The van der Waals surface area contributed by atoms with Gasteiger partial charge in [-0.2, -0.15) is 0 Å². The average molecular weight is 476 g/mol. The fraction of sp³-hybridized carbons (Fsp3) is 0.161. The zero-order chi connectivity index (χ0) is 25.1. The number of ether oxygens (including phenoxy) is 1. The fourth-order valence-corrected chi connectivity index (χ4v) is 4.10. The molecular formula is C31H29N3O2.